The van der Waals surface area contributed by atoms with E-state index < -0.39 is 0 Å². The molecule has 0 aliphatic heterocycles. The lowest BCUT2D eigenvalue weighted by molar-refractivity contribution is 0.103. The lowest BCUT2D eigenvalue weighted by atomic mass is 10.2. The van der Waals surface area contributed by atoms with Crippen LogP contribution in [-0.2, 0) is 0 Å². The topological polar surface area (TPSA) is 93.8 Å². The fourth-order valence-electron chi connectivity index (χ4n) is 1.62. The van der Waals surface area contributed by atoms with Gasteiger partial charge in [-0.2, -0.15) is 4.37 Å². The molecule has 1 amide bonds. The number of pyridine rings is 1. The van der Waals surface area contributed by atoms with Crippen LogP contribution in [0.5, 0.6) is 0 Å². The molecule has 0 aromatic carbocycles. The van der Waals surface area contributed by atoms with Gasteiger partial charge in [0.2, 0.25) is 5.13 Å². The van der Waals surface area contributed by atoms with Crippen molar-refractivity contribution < 1.29 is 4.79 Å². The first-order chi connectivity index (χ1) is 9.15. The Balaban J connectivity index is 1.95. The molecular weight excluding hydrogens is 282 g/mol. The number of nitrogens with one attached hydrogen (secondary N) is 1. The van der Waals surface area contributed by atoms with E-state index in [1.807, 2.05) is 6.07 Å². The largest absolute Gasteiger partial charge is 0.397 e. The summed E-state index contributed by atoms with van der Waals surface area (Å²) in [7, 11) is 0. The Labute approximate surface area is 116 Å². The van der Waals surface area contributed by atoms with Crippen LogP contribution in [0.2, 0.25) is 0 Å². The maximum absolute atomic E-state index is 12.1. The zero-order valence-corrected chi connectivity index (χ0v) is 11.5. The quantitative estimate of drug-likeness (QED) is 0.755. The molecule has 3 heterocycles. The molecule has 0 aliphatic carbocycles. The summed E-state index contributed by atoms with van der Waals surface area (Å²) in [5.41, 5.74) is 6.43. The fourth-order valence-corrected chi connectivity index (χ4v) is 3.15. The number of hydrogen-bond acceptors (Lipinski definition) is 7. The van der Waals surface area contributed by atoms with Crippen molar-refractivity contribution in [1.29, 1.82) is 0 Å². The minimum absolute atomic E-state index is 0.281. The highest BCUT2D eigenvalue weighted by atomic mass is 32.1. The molecule has 3 aromatic rings. The number of fused-ring (bicyclic) bond motifs is 1. The Bertz CT molecular complexity index is 763. The van der Waals surface area contributed by atoms with Crippen LogP contribution in [-0.4, -0.2) is 20.2 Å². The first kappa shape index (κ1) is 12.0. The summed E-state index contributed by atoms with van der Waals surface area (Å²) in [6.45, 7) is 1.77. The van der Waals surface area contributed by atoms with E-state index >= 15 is 0 Å². The maximum atomic E-state index is 12.1. The third-order valence-electron chi connectivity index (χ3n) is 2.46. The van der Waals surface area contributed by atoms with Crippen LogP contribution >= 0.6 is 22.9 Å². The van der Waals surface area contributed by atoms with Gasteiger partial charge in [-0.3, -0.25) is 10.1 Å². The number of nitrogens with two attached hydrogens (primary N) is 1. The number of carbonyl (C=O) groups is 1. The molecule has 0 saturated carbocycles. The number of anilines is 2. The summed E-state index contributed by atoms with van der Waals surface area (Å²) in [5, 5.41) is 3.95. The zero-order chi connectivity index (χ0) is 13.4. The van der Waals surface area contributed by atoms with Gasteiger partial charge in [0, 0.05) is 23.1 Å². The fraction of sp³-hybridized carbons (Fsp3) is 0.0909. The first-order valence-corrected chi connectivity index (χ1v) is 6.99. The molecule has 3 aromatic heterocycles. The van der Waals surface area contributed by atoms with Crippen LogP contribution in [0.25, 0.3) is 10.2 Å². The number of amides is 1. The van der Waals surface area contributed by atoms with E-state index in [9.17, 15) is 4.79 Å². The molecule has 0 unspecified atom stereocenters. The molecule has 3 rings (SSSR count). The summed E-state index contributed by atoms with van der Waals surface area (Å²) < 4.78 is 4.00. The highest BCUT2D eigenvalue weighted by Gasteiger charge is 2.18. The molecule has 19 heavy (non-hydrogen) atoms. The number of aromatic nitrogens is 3. The molecule has 0 bridgehead atoms. The van der Waals surface area contributed by atoms with Gasteiger partial charge >= 0.3 is 0 Å². The van der Waals surface area contributed by atoms with E-state index in [0.29, 0.717) is 21.5 Å². The van der Waals surface area contributed by atoms with Gasteiger partial charge in [-0.15, -0.1) is 11.3 Å². The van der Waals surface area contributed by atoms with E-state index in [1.165, 1.54) is 11.3 Å². The lowest BCUT2D eigenvalue weighted by Crippen LogP contribution is -2.11. The van der Waals surface area contributed by atoms with Crippen molar-refractivity contribution in [3.8, 4) is 0 Å². The number of thiophene rings is 1. The van der Waals surface area contributed by atoms with Crippen molar-refractivity contribution >= 4 is 49.8 Å². The minimum Gasteiger partial charge on any atom is -0.397 e. The summed E-state index contributed by atoms with van der Waals surface area (Å²) in [4.78, 5) is 21.6. The molecular formula is C11H9N5OS2. The zero-order valence-electron chi connectivity index (χ0n) is 9.88. The third kappa shape index (κ3) is 2.15. The van der Waals surface area contributed by atoms with Crippen LogP contribution in [0, 0.1) is 6.92 Å². The van der Waals surface area contributed by atoms with Crippen molar-refractivity contribution in [2.24, 2.45) is 0 Å². The van der Waals surface area contributed by atoms with Crippen LogP contribution in [0.1, 0.15) is 15.5 Å². The number of nitrogen functional groups attached to an aromatic ring is 1. The third-order valence-corrected chi connectivity index (χ3v) is 4.31. The van der Waals surface area contributed by atoms with E-state index in [4.69, 9.17) is 5.73 Å². The second kappa shape index (κ2) is 4.56. The van der Waals surface area contributed by atoms with Gasteiger partial charge in [0.25, 0.3) is 5.91 Å². The molecule has 0 fully saturated rings. The SMILES string of the molecule is Cc1nsc(NC(=O)c2sc3ncccc3c2N)n1. The van der Waals surface area contributed by atoms with Gasteiger partial charge < -0.3 is 5.73 Å². The van der Waals surface area contributed by atoms with Crippen LogP contribution in [0.15, 0.2) is 18.3 Å². The Morgan fingerprint density at radius 3 is 3.00 bits per heavy atom. The minimum atomic E-state index is -0.281. The summed E-state index contributed by atoms with van der Waals surface area (Å²) in [6, 6.07) is 3.64. The van der Waals surface area contributed by atoms with Crippen molar-refractivity contribution in [2.45, 2.75) is 6.92 Å². The van der Waals surface area contributed by atoms with Crippen LogP contribution < -0.4 is 11.1 Å². The Morgan fingerprint density at radius 1 is 1.47 bits per heavy atom. The number of rotatable bonds is 2. The number of aryl methyl sites for hydroxylation is 1. The molecule has 0 spiro atoms. The smallest absolute Gasteiger partial charge is 0.269 e. The predicted octanol–water partition coefficient (Wildman–Crippen LogP) is 2.29. The Hall–Kier alpha value is -2.06. The van der Waals surface area contributed by atoms with Crippen molar-refractivity contribution in [2.75, 3.05) is 11.1 Å². The van der Waals surface area contributed by atoms with Crippen molar-refractivity contribution in [3.05, 3.63) is 29.0 Å². The highest BCUT2D eigenvalue weighted by Crippen LogP contribution is 2.32. The first-order valence-electron chi connectivity index (χ1n) is 5.40. The molecule has 6 nitrogen and oxygen atoms in total. The average Bonchev–Trinajstić information content (AvgIpc) is 2.94. The second-order valence-electron chi connectivity index (χ2n) is 3.80. The Kier molecular flexibility index (Phi) is 2.88. The molecule has 0 radical (unpaired) electrons. The molecule has 3 N–H and O–H groups in total. The van der Waals surface area contributed by atoms with E-state index in [0.717, 1.165) is 21.7 Å². The van der Waals surface area contributed by atoms with Gasteiger partial charge in [-0.05, 0) is 19.1 Å². The molecule has 96 valence electrons. The number of hydrogen-bond donors (Lipinski definition) is 2. The monoisotopic (exact) mass is 291 g/mol. The molecule has 0 saturated heterocycles. The lowest BCUT2D eigenvalue weighted by Gasteiger charge is -1.99. The van der Waals surface area contributed by atoms with Gasteiger partial charge in [0.15, 0.2) is 0 Å². The summed E-state index contributed by atoms with van der Waals surface area (Å²) in [5.74, 6) is 0.350. The van der Waals surface area contributed by atoms with Gasteiger partial charge in [-0.25, -0.2) is 9.97 Å². The normalized spacial score (nSPS) is 10.8. The maximum Gasteiger partial charge on any atom is 0.269 e. The Morgan fingerprint density at radius 2 is 2.32 bits per heavy atom. The number of carbonyl (C=O) groups excluding carboxylic acids is 1. The average molecular weight is 291 g/mol. The highest BCUT2D eigenvalue weighted by molar-refractivity contribution is 7.21. The molecule has 8 heteroatoms. The predicted molar refractivity (Wildman–Crippen MR) is 76.6 cm³/mol. The molecule has 0 atom stereocenters. The van der Waals surface area contributed by atoms with E-state index in [1.54, 1.807) is 19.2 Å². The second-order valence-corrected chi connectivity index (χ2v) is 5.55. The van der Waals surface area contributed by atoms with E-state index in [2.05, 4.69) is 19.7 Å². The van der Waals surface area contributed by atoms with Crippen LogP contribution in [0.4, 0.5) is 10.8 Å². The molecule has 0 aliphatic rings. The van der Waals surface area contributed by atoms with E-state index in [-0.39, 0.29) is 5.91 Å². The van der Waals surface area contributed by atoms with Crippen molar-refractivity contribution in [3.63, 3.8) is 0 Å². The van der Waals surface area contributed by atoms with Gasteiger partial charge in [-0.1, -0.05) is 0 Å². The van der Waals surface area contributed by atoms with Gasteiger partial charge in [0.1, 0.15) is 15.5 Å². The number of nitrogens with zero attached hydrogens (tertiary/aromatic N) is 3. The van der Waals surface area contributed by atoms with Crippen LogP contribution in [0.3, 0.4) is 0 Å². The summed E-state index contributed by atoms with van der Waals surface area (Å²) >= 11 is 2.41. The summed E-state index contributed by atoms with van der Waals surface area (Å²) in [6.07, 6.45) is 1.67. The van der Waals surface area contributed by atoms with Crippen molar-refractivity contribution in [1.82, 2.24) is 14.3 Å². The standard InChI is InChI=1S/C11H9N5OS2/c1-5-14-11(19-16-5)15-9(17)8-7(12)6-3-2-4-13-10(6)18-8/h2-4H,12H2,1H3,(H,14,15,16,17). The van der Waals surface area contributed by atoms with Gasteiger partial charge in [0.05, 0.1) is 5.69 Å².